The van der Waals surface area contributed by atoms with Crippen molar-refractivity contribution >= 4 is 43.7 Å². The number of nitrogens with zero attached hydrogens (tertiary/aromatic N) is 3. The lowest BCUT2D eigenvalue weighted by atomic mass is 9.91. The predicted molar refractivity (Wildman–Crippen MR) is 172 cm³/mol. The average Bonchev–Trinajstić information content (AvgIpc) is 2.84. The van der Waals surface area contributed by atoms with Gasteiger partial charge in [0.2, 0.25) is 5.91 Å². The number of anilines is 1. The Kier molecular flexibility index (Phi) is 10.3. The van der Waals surface area contributed by atoms with Crippen molar-refractivity contribution in [1.82, 2.24) is 9.55 Å². The fraction of sp³-hybridized carbons (Fsp3) is 0.562. The molecular formula is C32H46ClN3O7Si. The molecule has 242 valence electrons. The van der Waals surface area contributed by atoms with Crippen molar-refractivity contribution in [2.24, 2.45) is 5.92 Å². The van der Waals surface area contributed by atoms with Crippen molar-refractivity contribution in [1.29, 1.82) is 0 Å². The summed E-state index contributed by atoms with van der Waals surface area (Å²) in [5.41, 5.74) is -0.655. The van der Waals surface area contributed by atoms with Crippen LogP contribution in [0.25, 0.3) is 0 Å². The Labute approximate surface area is 266 Å². The number of hydrogen-bond acceptors (Lipinski definition) is 8. The van der Waals surface area contributed by atoms with Crippen molar-refractivity contribution in [2.45, 2.75) is 111 Å². The van der Waals surface area contributed by atoms with Crippen molar-refractivity contribution in [3.8, 4) is 0 Å². The maximum absolute atomic E-state index is 13.8. The molecule has 1 aliphatic heterocycles. The van der Waals surface area contributed by atoms with Gasteiger partial charge < -0.3 is 23.9 Å². The molecule has 0 aliphatic carbocycles. The topological polar surface area (TPSA) is 118 Å². The van der Waals surface area contributed by atoms with Gasteiger partial charge in [0.15, 0.2) is 14.5 Å². The number of aliphatic hydroxyl groups is 1. The first-order valence-corrected chi connectivity index (χ1v) is 18.0. The van der Waals surface area contributed by atoms with Gasteiger partial charge in [-0.1, -0.05) is 57.6 Å². The van der Waals surface area contributed by atoms with Gasteiger partial charge in [0.05, 0.1) is 5.92 Å². The molecule has 1 fully saturated rings. The Morgan fingerprint density at radius 3 is 2.07 bits per heavy atom. The number of amides is 3. The van der Waals surface area contributed by atoms with Crippen LogP contribution in [-0.4, -0.2) is 58.4 Å². The van der Waals surface area contributed by atoms with E-state index < -0.39 is 50.1 Å². The van der Waals surface area contributed by atoms with E-state index in [2.05, 4.69) is 38.8 Å². The van der Waals surface area contributed by atoms with Gasteiger partial charge in [0.25, 0.3) is 0 Å². The van der Waals surface area contributed by atoms with Gasteiger partial charge in [-0.05, 0) is 82.8 Å². The zero-order chi connectivity index (χ0) is 33.4. The van der Waals surface area contributed by atoms with E-state index in [1.165, 1.54) is 6.20 Å². The molecule has 1 aliphatic rings. The van der Waals surface area contributed by atoms with Crippen LogP contribution < -0.4 is 4.90 Å². The first-order chi connectivity index (χ1) is 20.0. The highest BCUT2D eigenvalue weighted by molar-refractivity contribution is 6.80. The lowest BCUT2D eigenvalue weighted by Gasteiger charge is -2.58. The first-order valence-electron chi connectivity index (χ1n) is 14.6. The van der Waals surface area contributed by atoms with Crippen molar-refractivity contribution < 1.29 is 33.7 Å². The molecule has 1 N–H and O–H groups in total. The number of imide groups is 1. The van der Waals surface area contributed by atoms with Crippen molar-refractivity contribution in [3.63, 3.8) is 0 Å². The van der Waals surface area contributed by atoms with Crippen LogP contribution in [0.5, 0.6) is 0 Å². The Bertz CT molecular complexity index is 1350. The van der Waals surface area contributed by atoms with Crippen LogP contribution in [0.2, 0.25) is 23.2 Å². The molecule has 1 saturated heterocycles. The van der Waals surface area contributed by atoms with Gasteiger partial charge in [-0.15, -0.1) is 0 Å². The maximum Gasteiger partial charge on any atom is 0.425 e. The molecule has 2 aromatic rings. The highest BCUT2D eigenvalue weighted by atomic mass is 35.5. The summed E-state index contributed by atoms with van der Waals surface area (Å²) in [6.45, 7) is 20.6. The number of carbonyl (C=O) groups excluding carboxylic acids is 3. The number of halogens is 1. The molecule has 2 heterocycles. The lowest BCUT2D eigenvalue weighted by molar-refractivity contribution is -0.224. The number of hydrogen-bond donors (Lipinski definition) is 1. The van der Waals surface area contributed by atoms with E-state index in [1.54, 1.807) is 82.5 Å². The molecule has 2 unspecified atom stereocenters. The molecule has 10 nitrogen and oxygen atoms in total. The molecule has 0 radical (unpaired) electrons. The van der Waals surface area contributed by atoms with Crippen LogP contribution in [0.3, 0.4) is 0 Å². The number of aromatic nitrogens is 1. The highest BCUT2D eigenvalue weighted by Crippen LogP contribution is 2.46. The maximum atomic E-state index is 13.8. The normalized spacial score (nSPS) is 18.4. The molecule has 1 aromatic heterocycles. The first kappa shape index (κ1) is 35.5. The molecule has 1 aromatic carbocycles. The van der Waals surface area contributed by atoms with Crippen LogP contribution >= 0.6 is 11.6 Å². The number of pyridine rings is 1. The van der Waals surface area contributed by atoms with Gasteiger partial charge in [-0.25, -0.2) is 14.6 Å². The number of benzene rings is 1. The van der Waals surface area contributed by atoms with E-state index >= 15 is 0 Å². The van der Waals surface area contributed by atoms with Gasteiger partial charge in [-0.3, -0.25) is 4.79 Å². The van der Waals surface area contributed by atoms with E-state index in [-0.39, 0.29) is 23.2 Å². The van der Waals surface area contributed by atoms with Crippen molar-refractivity contribution in [2.75, 3.05) is 4.90 Å². The van der Waals surface area contributed by atoms with Crippen LogP contribution in [-0.2, 0) is 25.4 Å². The summed E-state index contributed by atoms with van der Waals surface area (Å²) in [7, 11) is -2.41. The number of β-lactam (4-membered cyclic amide) rings is 1. The number of rotatable bonds is 7. The molecule has 0 spiro atoms. The van der Waals surface area contributed by atoms with E-state index in [0.29, 0.717) is 16.1 Å². The van der Waals surface area contributed by atoms with Crippen LogP contribution in [0.4, 0.5) is 15.4 Å². The van der Waals surface area contributed by atoms with Crippen LogP contribution in [0.15, 0.2) is 42.6 Å². The molecule has 3 atom stereocenters. The Balaban J connectivity index is 1.97. The summed E-state index contributed by atoms with van der Waals surface area (Å²) in [6, 6.07) is 10.0. The molecular weight excluding hydrogens is 602 g/mol. The summed E-state index contributed by atoms with van der Waals surface area (Å²) < 4.78 is 19.0. The summed E-state index contributed by atoms with van der Waals surface area (Å²) >= 11 is 6.15. The van der Waals surface area contributed by atoms with Gasteiger partial charge >= 0.3 is 12.2 Å². The number of carbonyl (C=O) groups is 3. The summed E-state index contributed by atoms with van der Waals surface area (Å²) in [5, 5.41) is 11.3. The Morgan fingerprint density at radius 2 is 1.57 bits per heavy atom. The smallest absolute Gasteiger partial charge is 0.425 e. The van der Waals surface area contributed by atoms with Crippen LogP contribution in [0.1, 0.15) is 79.7 Å². The fourth-order valence-corrected chi connectivity index (χ4v) is 7.05. The molecule has 44 heavy (non-hydrogen) atoms. The summed E-state index contributed by atoms with van der Waals surface area (Å²) in [6.07, 6.45) is -2.25. The van der Waals surface area contributed by atoms with E-state index in [9.17, 15) is 19.5 Å². The number of ether oxygens (including phenoxy) is 3. The Hall–Kier alpha value is -2.99. The zero-order valence-electron chi connectivity index (χ0n) is 27.6. The van der Waals surface area contributed by atoms with Crippen LogP contribution in [0, 0.1) is 5.92 Å². The lowest BCUT2D eigenvalue weighted by Crippen LogP contribution is -2.73. The monoisotopic (exact) mass is 647 g/mol. The molecule has 0 saturated carbocycles. The van der Waals surface area contributed by atoms with Gasteiger partial charge in [0.1, 0.15) is 23.2 Å². The third-order valence-corrected chi connectivity index (χ3v) is 13.2. The highest BCUT2D eigenvalue weighted by Gasteiger charge is 2.58. The van der Waals surface area contributed by atoms with Gasteiger partial charge in [-0.2, -0.15) is 4.90 Å². The quantitative estimate of drug-likeness (QED) is 0.187. The third kappa shape index (κ3) is 8.38. The fourth-order valence-electron chi connectivity index (χ4n) is 4.53. The van der Waals surface area contributed by atoms with Gasteiger partial charge in [0, 0.05) is 16.8 Å². The second kappa shape index (κ2) is 12.8. The minimum Gasteiger partial charge on any atom is -0.443 e. The standard InChI is InChI=1S/C32H46ClN3O7Si/c1-30(2,3)42-28(39)35(29(40)43-31(4,5)6)24-18-20(15-16-34-24)17-23-25(37)36(44(10,11)32(7,8)9)26(23)41-27(38)21-13-12-14-22(33)19-21/h12-16,18-19,23,26-27,38H,17H2,1-11H3/t23?,26-,27?/m1/s1. The average molecular weight is 648 g/mol. The van der Waals surface area contributed by atoms with Crippen molar-refractivity contribution in [3.05, 3.63) is 58.7 Å². The largest absolute Gasteiger partial charge is 0.443 e. The van der Waals surface area contributed by atoms with E-state index in [0.717, 1.165) is 4.90 Å². The molecule has 12 heteroatoms. The Morgan fingerprint density at radius 1 is 1.00 bits per heavy atom. The minimum absolute atomic E-state index is 0.00421. The number of aliphatic hydroxyl groups excluding tert-OH is 1. The van der Waals surface area contributed by atoms with E-state index in [4.69, 9.17) is 25.8 Å². The molecule has 0 bridgehead atoms. The second-order valence-electron chi connectivity index (χ2n) is 14.6. The zero-order valence-corrected chi connectivity index (χ0v) is 29.4. The summed E-state index contributed by atoms with van der Waals surface area (Å²) in [5.74, 6) is -0.727. The second-order valence-corrected chi connectivity index (χ2v) is 20.1. The molecule has 3 rings (SSSR count). The molecule has 3 amide bonds. The predicted octanol–water partition coefficient (Wildman–Crippen LogP) is 7.45. The van der Waals surface area contributed by atoms with E-state index in [1.807, 2.05) is 0 Å². The third-order valence-electron chi connectivity index (χ3n) is 7.64. The minimum atomic E-state index is -2.41. The summed E-state index contributed by atoms with van der Waals surface area (Å²) in [4.78, 5) is 45.1. The SMILES string of the molecule is CC(C)(C)OC(=O)N(C(=O)OC(C)(C)C)c1cc(CC2C(=O)N([Si](C)(C)C(C)(C)C)[C@@H]2OC(O)c2cccc(Cl)c2)ccn1.